The summed E-state index contributed by atoms with van der Waals surface area (Å²) >= 11 is 0. The molecule has 0 unspecified atom stereocenters. The van der Waals surface area contributed by atoms with E-state index in [2.05, 4.69) is 9.98 Å². The molecule has 6 heteroatoms. The van der Waals surface area contributed by atoms with Crippen LogP contribution in [0.2, 0.25) is 0 Å². The first-order chi connectivity index (χ1) is 10.1. The molecular weight excluding hydrogens is 271 g/mol. The molecular formula is C15H13FN4O. The minimum atomic E-state index is -0.672. The van der Waals surface area contributed by atoms with Crippen LogP contribution in [0.1, 0.15) is 11.6 Å². The smallest absolute Gasteiger partial charge is 0.258 e. The summed E-state index contributed by atoms with van der Waals surface area (Å²) in [4.78, 5) is 21.2. The van der Waals surface area contributed by atoms with Crippen molar-refractivity contribution < 1.29 is 9.18 Å². The number of nitrogens with zero attached hydrogens (tertiary/aromatic N) is 3. The number of rotatable bonds is 2. The van der Waals surface area contributed by atoms with E-state index in [-0.39, 0.29) is 11.9 Å². The van der Waals surface area contributed by atoms with Crippen molar-refractivity contribution in [3.8, 4) is 11.1 Å². The first-order valence-electron chi connectivity index (χ1n) is 6.39. The van der Waals surface area contributed by atoms with Crippen LogP contribution in [-0.4, -0.2) is 28.8 Å². The molecule has 0 radical (unpaired) electrons. The second-order valence-electron chi connectivity index (χ2n) is 4.75. The van der Waals surface area contributed by atoms with E-state index in [0.717, 1.165) is 0 Å². The molecule has 1 atom stereocenters. The average Bonchev–Trinajstić information content (AvgIpc) is 2.75. The van der Waals surface area contributed by atoms with Crippen molar-refractivity contribution in [1.82, 2.24) is 9.88 Å². The number of aromatic nitrogens is 1. The largest absolute Gasteiger partial charge is 0.369 e. The number of guanidine groups is 1. The highest BCUT2D eigenvalue weighted by molar-refractivity contribution is 6.04. The van der Waals surface area contributed by atoms with Crippen LogP contribution in [0.25, 0.3) is 11.1 Å². The van der Waals surface area contributed by atoms with Gasteiger partial charge >= 0.3 is 0 Å². The Balaban J connectivity index is 2.02. The third-order valence-corrected chi connectivity index (χ3v) is 3.44. The number of aliphatic imine (C=N–C) groups is 1. The van der Waals surface area contributed by atoms with Crippen molar-refractivity contribution in [3.05, 3.63) is 54.1 Å². The molecule has 1 aliphatic heterocycles. The lowest BCUT2D eigenvalue weighted by Crippen LogP contribution is -2.34. The molecule has 1 aromatic heterocycles. The fourth-order valence-electron chi connectivity index (χ4n) is 2.27. The van der Waals surface area contributed by atoms with Crippen LogP contribution in [0.3, 0.4) is 0 Å². The van der Waals surface area contributed by atoms with Gasteiger partial charge in [-0.3, -0.25) is 9.69 Å². The predicted molar refractivity (Wildman–Crippen MR) is 76.8 cm³/mol. The van der Waals surface area contributed by atoms with Crippen LogP contribution in [0, 0.1) is 5.95 Å². The van der Waals surface area contributed by atoms with E-state index in [0.29, 0.717) is 16.7 Å². The Morgan fingerprint density at radius 1 is 1.29 bits per heavy atom. The Kier molecular flexibility index (Phi) is 3.13. The molecule has 0 aliphatic carbocycles. The first kappa shape index (κ1) is 13.2. The summed E-state index contributed by atoms with van der Waals surface area (Å²) in [6.45, 7) is 0. The van der Waals surface area contributed by atoms with Gasteiger partial charge in [-0.25, -0.2) is 9.98 Å². The lowest BCUT2D eigenvalue weighted by Gasteiger charge is -2.11. The topological polar surface area (TPSA) is 71.6 Å². The van der Waals surface area contributed by atoms with Crippen molar-refractivity contribution in [1.29, 1.82) is 0 Å². The molecule has 106 valence electrons. The second-order valence-corrected chi connectivity index (χ2v) is 4.75. The zero-order valence-corrected chi connectivity index (χ0v) is 11.3. The fraction of sp³-hybridized carbons (Fsp3) is 0.133. The minimum Gasteiger partial charge on any atom is -0.369 e. The summed E-state index contributed by atoms with van der Waals surface area (Å²) in [6, 6.07) is 9.66. The number of pyridine rings is 1. The number of amides is 1. The molecule has 21 heavy (non-hydrogen) atoms. The van der Waals surface area contributed by atoms with Crippen molar-refractivity contribution in [3.63, 3.8) is 0 Å². The van der Waals surface area contributed by atoms with Gasteiger partial charge in [-0.05, 0) is 29.3 Å². The standard InChI is InChI=1S/C15H13FN4O/c1-20-14(21)12(19-15(20)17)10-5-2-4-9(8-10)11-6-3-7-18-13(11)16/h2-8,12H,1H3,(H2,17,19)/t12-/m0/s1. The van der Waals surface area contributed by atoms with Gasteiger partial charge in [-0.15, -0.1) is 0 Å². The van der Waals surface area contributed by atoms with E-state index in [1.807, 2.05) is 0 Å². The summed E-state index contributed by atoms with van der Waals surface area (Å²) in [5.74, 6) is -0.563. The van der Waals surface area contributed by atoms with Crippen LogP contribution < -0.4 is 5.73 Å². The number of carbonyl (C=O) groups excluding carboxylic acids is 1. The second kappa shape index (κ2) is 4.97. The van der Waals surface area contributed by atoms with Crippen LogP contribution in [0.4, 0.5) is 4.39 Å². The van der Waals surface area contributed by atoms with Crippen molar-refractivity contribution in [2.24, 2.45) is 10.7 Å². The van der Waals surface area contributed by atoms with E-state index in [4.69, 9.17) is 5.73 Å². The molecule has 3 rings (SSSR count). The molecule has 0 saturated heterocycles. The number of nitrogens with two attached hydrogens (primary N) is 1. The van der Waals surface area contributed by atoms with Gasteiger partial charge < -0.3 is 5.73 Å². The Bertz CT molecular complexity index is 744. The van der Waals surface area contributed by atoms with E-state index < -0.39 is 12.0 Å². The predicted octanol–water partition coefficient (Wildman–Crippen LogP) is 1.72. The van der Waals surface area contributed by atoms with Gasteiger partial charge in [0.15, 0.2) is 12.0 Å². The maximum absolute atomic E-state index is 13.8. The Morgan fingerprint density at radius 2 is 2.10 bits per heavy atom. The van der Waals surface area contributed by atoms with Gasteiger partial charge in [-0.2, -0.15) is 4.39 Å². The maximum atomic E-state index is 13.8. The number of benzene rings is 1. The maximum Gasteiger partial charge on any atom is 0.258 e. The summed E-state index contributed by atoms with van der Waals surface area (Å²) < 4.78 is 13.8. The lowest BCUT2D eigenvalue weighted by molar-refractivity contribution is -0.126. The average molecular weight is 284 g/mol. The van der Waals surface area contributed by atoms with Crippen LogP contribution in [-0.2, 0) is 4.79 Å². The highest BCUT2D eigenvalue weighted by Crippen LogP contribution is 2.29. The zero-order chi connectivity index (χ0) is 15.0. The molecule has 0 spiro atoms. The normalized spacial score (nSPS) is 18.0. The number of hydrogen-bond donors (Lipinski definition) is 1. The van der Waals surface area contributed by atoms with Gasteiger partial charge in [0.1, 0.15) is 0 Å². The molecule has 2 N–H and O–H groups in total. The Labute approximate surface area is 120 Å². The van der Waals surface area contributed by atoms with Crippen LogP contribution in [0.5, 0.6) is 0 Å². The molecule has 5 nitrogen and oxygen atoms in total. The monoisotopic (exact) mass is 284 g/mol. The molecule has 1 aromatic carbocycles. The molecule has 0 saturated carbocycles. The molecule has 1 amide bonds. The van der Waals surface area contributed by atoms with E-state index in [1.165, 1.54) is 11.1 Å². The van der Waals surface area contributed by atoms with E-state index >= 15 is 0 Å². The Morgan fingerprint density at radius 3 is 2.76 bits per heavy atom. The van der Waals surface area contributed by atoms with Gasteiger partial charge in [0.2, 0.25) is 5.95 Å². The number of hydrogen-bond acceptors (Lipinski definition) is 4. The molecule has 0 bridgehead atoms. The fourth-order valence-corrected chi connectivity index (χ4v) is 2.27. The van der Waals surface area contributed by atoms with Crippen LogP contribution in [0.15, 0.2) is 47.6 Å². The van der Waals surface area contributed by atoms with Crippen LogP contribution >= 0.6 is 0 Å². The first-order valence-corrected chi connectivity index (χ1v) is 6.39. The third kappa shape index (κ3) is 2.24. The number of likely N-dealkylation sites (N-methyl/N-ethyl adjacent to an activating group) is 1. The van der Waals surface area contributed by atoms with Crippen molar-refractivity contribution >= 4 is 11.9 Å². The van der Waals surface area contributed by atoms with Crippen molar-refractivity contribution in [2.75, 3.05) is 7.05 Å². The van der Waals surface area contributed by atoms with Gasteiger partial charge in [-0.1, -0.05) is 18.2 Å². The summed E-state index contributed by atoms with van der Waals surface area (Å²) in [6.07, 6.45) is 1.39. The summed E-state index contributed by atoms with van der Waals surface area (Å²) in [5, 5.41) is 0. The highest BCUT2D eigenvalue weighted by Gasteiger charge is 2.31. The van der Waals surface area contributed by atoms with Gasteiger partial charge in [0.05, 0.1) is 0 Å². The minimum absolute atomic E-state index is 0.183. The van der Waals surface area contributed by atoms with Crippen molar-refractivity contribution in [2.45, 2.75) is 6.04 Å². The number of carbonyl (C=O) groups is 1. The zero-order valence-electron chi connectivity index (χ0n) is 11.3. The number of halogens is 1. The van der Waals surface area contributed by atoms with E-state index in [1.54, 1.807) is 43.4 Å². The molecule has 2 heterocycles. The Hall–Kier alpha value is -2.76. The lowest BCUT2D eigenvalue weighted by atomic mass is 10.0. The highest BCUT2D eigenvalue weighted by atomic mass is 19.1. The quantitative estimate of drug-likeness (QED) is 0.853. The van der Waals surface area contributed by atoms with E-state index in [9.17, 15) is 9.18 Å². The molecule has 0 fully saturated rings. The molecule has 1 aliphatic rings. The SMILES string of the molecule is CN1C(=O)[C@H](c2cccc(-c3cccnc3F)c2)N=C1N. The summed E-state index contributed by atoms with van der Waals surface area (Å²) in [5.41, 5.74) is 7.36. The molecule has 2 aromatic rings. The van der Waals surface area contributed by atoms with Gasteiger partial charge in [0, 0.05) is 18.8 Å². The van der Waals surface area contributed by atoms with Gasteiger partial charge in [0.25, 0.3) is 5.91 Å². The summed E-state index contributed by atoms with van der Waals surface area (Å²) in [7, 11) is 1.58. The third-order valence-electron chi connectivity index (χ3n) is 3.44.